The summed E-state index contributed by atoms with van der Waals surface area (Å²) in [5.41, 5.74) is 2.21. The predicted octanol–water partition coefficient (Wildman–Crippen LogP) is 4.66. The number of nitrogens with one attached hydrogen (secondary N) is 1. The van der Waals surface area contributed by atoms with Crippen molar-refractivity contribution in [3.8, 4) is 0 Å². The molecule has 82 valence electrons. The number of anilines is 2. The molecule has 2 rings (SSSR count). The molecule has 2 nitrogen and oxygen atoms in total. The molecule has 16 heavy (non-hydrogen) atoms. The highest BCUT2D eigenvalue weighted by molar-refractivity contribution is 9.10. The Labute approximate surface area is 111 Å². The highest BCUT2D eigenvalue weighted by Gasteiger charge is 2.03. The first-order valence-corrected chi connectivity index (χ1v) is 6.40. The molecule has 0 atom stereocenters. The molecule has 0 saturated carbocycles. The summed E-state index contributed by atoms with van der Waals surface area (Å²) in [5, 5.41) is 3.27. The Kier molecular flexibility index (Phi) is 3.61. The van der Waals surface area contributed by atoms with Crippen LogP contribution in [0.15, 0.2) is 45.5 Å². The molecular weight excluding hydrogens is 332 g/mol. The second-order valence-corrected chi connectivity index (χ2v) is 5.01. The molecule has 0 radical (unpaired) electrons. The van der Waals surface area contributed by atoms with E-state index in [2.05, 4.69) is 55.2 Å². The molecule has 1 aromatic carbocycles. The van der Waals surface area contributed by atoms with Crippen LogP contribution in [0.4, 0.5) is 11.5 Å². The van der Waals surface area contributed by atoms with Crippen LogP contribution in [-0.4, -0.2) is 4.98 Å². The quantitative estimate of drug-likeness (QED) is 0.803. The number of aromatic nitrogens is 1. The molecule has 0 amide bonds. The van der Waals surface area contributed by atoms with Gasteiger partial charge >= 0.3 is 0 Å². The average molecular weight is 342 g/mol. The first kappa shape index (κ1) is 11.6. The summed E-state index contributed by atoms with van der Waals surface area (Å²) in [5.74, 6) is 0.820. The number of nitrogens with zero attached hydrogens (tertiary/aromatic N) is 1. The fourth-order valence-electron chi connectivity index (χ4n) is 1.36. The summed E-state index contributed by atoms with van der Waals surface area (Å²) >= 11 is 6.90. The summed E-state index contributed by atoms with van der Waals surface area (Å²) in [6, 6.07) is 11.9. The Morgan fingerprint density at radius 2 is 1.81 bits per heavy atom. The van der Waals surface area contributed by atoms with E-state index in [1.165, 1.54) is 5.56 Å². The fraction of sp³-hybridized carbons (Fsp3) is 0.0833. The smallest absolute Gasteiger partial charge is 0.131 e. The van der Waals surface area contributed by atoms with Gasteiger partial charge in [0.05, 0.1) is 5.69 Å². The Morgan fingerprint density at radius 3 is 2.56 bits per heavy atom. The van der Waals surface area contributed by atoms with Crippen LogP contribution in [0.2, 0.25) is 0 Å². The number of hydrogen-bond acceptors (Lipinski definition) is 2. The third-order valence-corrected chi connectivity index (χ3v) is 3.66. The lowest BCUT2D eigenvalue weighted by Crippen LogP contribution is -1.95. The molecule has 0 fully saturated rings. The maximum atomic E-state index is 4.32. The van der Waals surface area contributed by atoms with Crippen LogP contribution in [0.3, 0.4) is 0 Å². The number of aryl methyl sites for hydroxylation is 1. The van der Waals surface area contributed by atoms with Crippen molar-refractivity contribution in [1.29, 1.82) is 0 Å². The van der Waals surface area contributed by atoms with Gasteiger partial charge in [-0.15, -0.1) is 0 Å². The van der Waals surface area contributed by atoms with Gasteiger partial charge in [0.1, 0.15) is 10.4 Å². The lowest BCUT2D eigenvalue weighted by Gasteiger charge is -2.09. The molecular formula is C12H10Br2N2. The molecule has 1 N–H and O–H groups in total. The molecule has 0 aliphatic carbocycles. The van der Waals surface area contributed by atoms with Crippen LogP contribution in [0.25, 0.3) is 0 Å². The number of rotatable bonds is 2. The van der Waals surface area contributed by atoms with Crippen molar-refractivity contribution in [3.05, 3.63) is 51.0 Å². The van der Waals surface area contributed by atoms with E-state index in [1.807, 2.05) is 30.3 Å². The van der Waals surface area contributed by atoms with E-state index in [-0.39, 0.29) is 0 Å². The SMILES string of the molecule is Cc1cccc(Nc2cccc(Br)n2)c1Br. The molecule has 1 heterocycles. The lowest BCUT2D eigenvalue weighted by atomic mass is 10.2. The van der Waals surface area contributed by atoms with Crippen molar-refractivity contribution < 1.29 is 0 Å². The van der Waals surface area contributed by atoms with Gasteiger partial charge in [-0.25, -0.2) is 4.98 Å². The second kappa shape index (κ2) is 4.97. The van der Waals surface area contributed by atoms with Gasteiger partial charge in [0.15, 0.2) is 0 Å². The van der Waals surface area contributed by atoms with Crippen LogP contribution < -0.4 is 5.32 Å². The maximum absolute atomic E-state index is 4.32. The first-order chi connectivity index (χ1) is 7.66. The molecule has 0 spiro atoms. The normalized spacial score (nSPS) is 10.2. The van der Waals surface area contributed by atoms with Crippen molar-refractivity contribution in [3.63, 3.8) is 0 Å². The zero-order valence-corrected chi connectivity index (χ0v) is 11.8. The van der Waals surface area contributed by atoms with Gasteiger partial charge in [-0.2, -0.15) is 0 Å². The maximum Gasteiger partial charge on any atom is 0.131 e. The molecule has 0 saturated heterocycles. The summed E-state index contributed by atoms with van der Waals surface area (Å²) in [6.07, 6.45) is 0. The molecule has 0 aliphatic heterocycles. The van der Waals surface area contributed by atoms with Crippen molar-refractivity contribution in [2.45, 2.75) is 6.92 Å². The van der Waals surface area contributed by atoms with Crippen LogP contribution in [0, 0.1) is 6.92 Å². The van der Waals surface area contributed by atoms with Gasteiger partial charge in [0, 0.05) is 4.47 Å². The van der Waals surface area contributed by atoms with E-state index in [0.717, 1.165) is 20.6 Å². The van der Waals surface area contributed by atoms with Gasteiger partial charge in [0.2, 0.25) is 0 Å². The fourth-order valence-corrected chi connectivity index (χ4v) is 2.07. The van der Waals surface area contributed by atoms with Crippen LogP contribution in [0.5, 0.6) is 0 Å². The van der Waals surface area contributed by atoms with Crippen molar-refractivity contribution in [2.75, 3.05) is 5.32 Å². The minimum atomic E-state index is 0.820. The first-order valence-electron chi connectivity index (χ1n) is 4.81. The van der Waals surface area contributed by atoms with E-state index in [4.69, 9.17) is 0 Å². The number of pyridine rings is 1. The average Bonchev–Trinajstić information content (AvgIpc) is 2.25. The molecule has 0 aliphatic rings. The van der Waals surface area contributed by atoms with Crippen LogP contribution in [-0.2, 0) is 0 Å². The van der Waals surface area contributed by atoms with Gasteiger partial charge in [-0.05, 0) is 62.5 Å². The Hall–Kier alpha value is -0.870. The van der Waals surface area contributed by atoms with Crippen LogP contribution >= 0.6 is 31.9 Å². The monoisotopic (exact) mass is 340 g/mol. The topological polar surface area (TPSA) is 24.9 Å². The summed E-state index contributed by atoms with van der Waals surface area (Å²) in [6.45, 7) is 2.06. The summed E-state index contributed by atoms with van der Waals surface area (Å²) in [7, 11) is 0. The Bertz CT molecular complexity index is 512. The van der Waals surface area contributed by atoms with Gasteiger partial charge < -0.3 is 5.32 Å². The molecule has 0 unspecified atom stereocenters. The van der Waals surface area contributed by atoms with Crippen molar-refractivity contribution in [1.82, 2.24) is 4.98 Å². The summed E-state index contributed by atoms with van der Waals surface area (Å²) in [4.78, 5) is 4.32. The predicted molar refractivity (Wildman–Crippen MR) is 74.1 cm³/mol. The zero-order valence-electron chi connectivity index (χ0n) is 8.67. The van der Waals surface area contributed by atoms with Crippen molar-refractivity contribution in [2.24, 2.45) is 0 Å². The van der Waals surface area contributed by atoms with Crippen molar-refractivity contribution >= 4 is 43.4 Å². The second-order valence-electron chi connectivity index (χ2n) is 3.41. The van der Waals surface area contributed by atoms with E-state index in [9.17, 15) is 0 Å². The van der Waals surface area contributed by atoms with E-state index in [0.29, 0.717) is 0 Å². The molecule has 1 aromatic heterocycles. The van der Waals surface area contributed by atoms with Gasteiger partial charge in [0.25, 0.3) is 0 Å². The highest BCUT2D eigenvalue weighted by Crippen LogP contribution is 2.28. The molecule has 4 heteroatoms. The standard InChI is InChI=1S/C12H10Br2N2/c1-8-4-2-5-9(12(8)14)15-11-7-3-6-10(13)16-11/h2-7H,1H3,(H,15,16). The number of benzene rings is 1. The number of halogens is 2. The summed E-state index contributed by atoms with van der Waals surface area (Å²) < 4.78 is 1.89. The third kappa shape index (κ3) is 2.62. The minimum Gasteiger partial charge on any atom is -0.339 e. The highest BCUT2D eigenvalue weighted by atomic mass is 79.9. The number of hydrogen-bond donors (Lipinski definition) is 1. The van der Waals surface area contributed by atoms with Gasteiger partial charge in [-0.3, -0.25) is 0 Å². The third-order valence-electron chi connectivity index (χ3n) is 2.17. The van der Waals surface area contributed by atoms with Crippen LogP contribution in [0.1, 0.15) is 5.56 Å². The lowest BCUT2D eigenvalue weighted by molar-refractivity contribution is 1.26. The van der Waals surface area contributed by atoms with Gasteiger partial charge in [-0.1, -0.05) is 18.2 Å². The Morgan fingerprint density at radius 1 is 1.06 bits per heavy atom. The minimum absolute atomic E-state index is 0.820. The molecule has 2 aromatic rings. The zero-order chi connectivity index (χ0) is 11.5. The largest absolute Gasteiger partial charge is 0.339 e. The van der Waals surface area contributed by atoms with E-state index >= 15 is 0 Å². The van der Waals surface area contributed by atoms with E-state index < -0.39 is 0 Å². The molecule has 0 bridgehead atoms. The van der Waals surface area contributed by atoms with E-state index in [1.54, 1.807) is 0 Å². The Balaban J connectivity index is 2.31.